The minimum absolute atomic E-state index is 0.0638. The normalized spacial score (nSPS) is 21.9. The molecule has 0 spiro atoms. The molecule has 0 saturated carbocycles. The van der Waals surface area contributed by atoms with Crippen molar-refractivity contribution in [1.82, 2.24) is 10.3 Å². The van der Waals surface area contributed by atoms with Crippen LogP contribution in [-0.4, -0.2) is 32.5 Å². The Morgan fingerprint density at radius 1 is 1.56 bits per heavy atom. The van der Waals surface area contributed by atoms with E-state index in [0.29, 0.717) is 11.6 Å². The lowest BCUT2D eigenvalue weighted by atomic mass is 10.4. The summed E-state index contributed by atoms with van der Waals surface area (Å²) in [7, 11) is -1.18. The minimum atomic E-state index is -1.18. The van der Waals surface area contributed by atoms with Crippen LogP contribution >= 0.6 is 0 Å². The second kappa shape index (κ2) is 4.67. The second-order valence-corrected chi connectivity index (χ2v) is 5.20. The predicted molar refractivity (Wildman–Crippen MR) is 58.6 cm³/mol. The second-order valence-electron chi connectivity index (χ2n) is 3.52. The Kier molecular flexibility index (Phi) is 3.25. The highest BCUT2D eigenvalue weighted by Gasteiger charge is 2.23. The molecule has 86 valence electrons. The molecule has 2 heterocycles. The zero-order chi connectivity index (χ0) is 11.5. The van der Waals surface area contributed by atoms with Gasteiger partial charge >= 0.3 is 0 Å². The van der Waals surface area contributed by atoms with Gasteiger partial charge in [-0.25, -0.2) is 4.98 Å². The van der Waals surface area contributed by atoms with Crippen molar-refractivity contribution < 1.29 is 9.13 Å². The number of nitrogens with zero attached hydrogens (tertiary/aromatic N) is 2. The fraction of sp³-hybridized carbons (Fsp3) is 0.444. The van der Waals surface area contributed by atoms with Crippen LogP contribution in [0.5, 0.6) is 0 Å². The van der Waals surface area contributed by atoms with Crippen molar-refractivity contribution in [2.45, 2.75) is 16.7 Å². The van der Waals surface area contributed by atoms with Gasteiger partial charge in [-0.1, -0.05) is 0 Å². The number of nitrogens with one attached hydrogen (secondary N) is 1. The molecule has 6 nitrogen and oxygen atoms in total. The summed E-state index contributed by atoms with van der Waals surface area (Å²) in [6.45, 7) is 1.58. The summed E-state index contributed by atoms with van der Waals surface area (Å²) in [4.78, 5) is 13.8. The molecule has 0 amide bonds. The summed E-state index contributed by atoms with van der Waals surface area (Å²) in [5.74, 6) is 0. The van der Waals surface area contributed by atoms with Crippen LogP contribution in [0.25, 0.3) is 0 Å². The van der Waals surface area contributed by atoms with Gasteiger partial charge in [-0.15, -0.1) is 0 Å². The maximum atomic E-state index is 12.0. The molecule has 2 atom stereocenters. The van der Waals surface area contributed by atoms with Gasteiger partial charge in [0.1, 0.15) is 11.2 Å². The first-order chi connectivity index (χ1) is 7.68. The molecule has 0 aromatic carbocycles. The van der Waals surface area contributed by atoms with Gasteiger partial charge in [-0.2, -0.15) is 0 Å². The van der Waals surface area contributed by atoms with Gasteiger partial charge in [0.2, 0.25) is 0 Å². The Bertz CT molecular complexity index is 415. The van der Waals surface area contributed by atoms with E-state index >= 15 is 0 Å². The average Bonchev–Trinajstić information content (AvgIpc) is 2.81. The number of hydrogen-bond acceptors (Lipinski definition) is 5. The summed E-state index contributed by atoms with van der Waals surface area (Å²) >= 11 is 0. The molecule has 1 aromatic rings. The summed E-state index contributed by atoms with van der Waals surface area (Å²) in [5.41, 5.74) is -0.0784. The molecular formula is C9H11N3O3S. The molecule has 0 aliphatic carbocycles. The van der Waals surface area contributed by atoms with Crippen molar-refractivity contribution in [3.63, 3.8) is 0 Å². The molecule has 1 N–H and O–H groups in total. The van der Waals surface area contributed by atoms with Crippen molar-refractivity contribution in [2.75, 3.05) is 13.1 Å². The van der Waals surface area contributed by atoms with Crippen molar-refractivity contribution >= 4 is 16.5 Å². The fourth-order valence-electron chi connectivity index (χ4n) is 1.58. The van der Waals surface area contributed by atoms with Crippen molar-refractivity contribution in [2.24, 2.45) is 0 Å². The lowest BCUT2D eigenvalue weighted by Gasteiger charge is -2.06. The van der Waals surface area contributed by atoms with Crippen LogP contribution < -0.4 is 5.32 Å². The molecule has 1 aromatic heterocycles. The van der Waals surface area contributed by atoms with E-state index in [0.717, 1.165) is 19.2 Å². The van der Waals surface area contributed by atoms with Crippen LogP contribution in [0, 0.1) is 10.1 Å². The first-order valence-electron chi connectivity index (χ1n) is 4.90. The van der Waals surface area contributed by atoms with Crippen molar-refractivity contribution in [1.29, 1.82) is 0 Å². The average molecular weight is 241 g/mol. The van der Waals surface area contributed by atoms with Crippen LogP contribution in [-0.2, 0) is 10.8 Å². The van der Waals surface area contributed by atoms with Crippen LogP contribution in [0.2, 0.25) is 0 Å². The van der Waals surface area contributed by atoms with Gasteiger partial charge in [-0.3, -0.25) is 14.3 Å². The van der Waals surface area contributed by atoms with Crippen LogP contribution in [0.4, 0.5) is 5.69 Å². The molecular weight excluding hydrogens is 230 g/mol. The molecule has 1 saturated heterocycles. The maximum Gasteiger partial charge on any atom is 0.287 e. The van der Waals surface area contributed by atoms with Crippen LogP contribution in [0.1, 0.15) is 6.42 Å². The molecule has 0 bridgehead atoms. The Labute approximate surface area is 94.7 Å². The SMILES string of the molecule is O=[N+]([O-])c1ccc([S@@](=O)[C@H]2CCNC2)nc1. The van der Waals surface area contributed by atoms with Crippen LogP contribution in [0.15, 0.2) is 23.4 Å². The molecule has 0 radical (unpaired) electrons. The number of aromatic nitrogens is 1. The van der Waals surface area contributed by atoms with Gasteiger partial charge in [0.15, 0.2) is 0 Å². The molecule has 1 fully saturated rings. The summed E-state index contributed by atoms with van der Waals surface area (Å²) < 4.78 is 12.0. The monoisotopic (exact) mass is 241 g/mol. The highest BCUT2D eigenvalue weighted by Crippen LogP contribution is 2.16. The zero-order valence-corrected chi connectivity index (χ0v) is 9.27. The number of hydrogen-bond donors (Lipinski definition) is 1. The smallest absolute Gasteiger partial charge is 0.287 e. The molecule has 1 aliphatic heterocycles. The van der Waals surface area contributed by atoms with Gasteiger partial charge < -0.3 is 5.32 Å². The summed E-state index contributed by atoms with van der Waals surface area (Å²) in [6, 6.07) is 2.80. The minimum Gasteiger partial charge on any atom is -0.315 e. The largest absolute Gasteiger partial charge is 0.315 e. The van der Waals surface area contributed by atoms with E-state index in [9.17, 15) is 14.3 Å². The Hall–Kier alpha value is -1.34. The molecule has 7 heteroatoms. The number of nitro groups is 1. The topological polar surface area (TPSA) is 85.1 Å². The lowest BCUT2D eigenvalue weighted by molar-refractivity contribution is -0.385. The third kappa shape index (κ3) is 2.25. The number of pyridine rings is 1. The van der Waals surface area contributed by atoms with E-state index in [2.05, 4.69) is 10.3 Å². The van der Waals surface area contributed by atoms with E-state index in [1.54, 1.807) is 0 Å². The van der Waals surface area contributed by atoms with Crippen LogP contribution in [0.3, 0.4) is 0 Å². The van der Waals surface area contributed by atoms with Crippen molar-refractivity contribution in [3.05, 3.63) is 28.4 Å². The highest BCUT2D eigenvalue weighted by molar-refractivity contribution is 7.85. The predicted octanol–water partition coefficient (Wildman–Crippen LogP) is 0.459. The molecule has 2 rings (SSSR count). The van der Waals surface area contributed by atoms with E-state index in [4.69, 9.17) is 0 Å². The van der Waals surface area contributed by atoms with Gasteiger partial charge in [-0.05, 0) is 19.0 Å². The van der Waals surface area contributed by atoms with E-state index in [1.165, 1.54) is 12.1 Å². The van der Waals surface area contributed by atoms with E-state index < -0.39 is 15.7 Å². The zero-order valence-electron chi connectivity index (χ0n) is 8.46. The Morgan fingerprint density at radius 3 is 2.88 bits per heavy atom. The highest BCUT2D eigenvalue weighted by atomic mass is 32.2. The Balaban J connectivity index is 2.14. The Morgan fingerprint density at radius 2 is 2.38 bits per heavy atom. The third-order valence-electron chi connectivity index (χ3n) is 2.46. The maximum absolute atomic E-state index is 12.0. The van der Waals surface area contributed by atoms with Gasteiger partial charge in [0.05, 0.1) is 21.0 Å². The first-order valence-corrected chi connectivity index (χ1v) is 6.11. The standard InChI is InChI=1S/C9H11N3O3S/c13-12(14)7-1-2-9(11-5-7)16(15)8-3-4-10-6-8/h1-2,5,8,10H,3-4,6H2/t8-,16-/m0/s1. The van der Waals surface area contributed by atoms with E-state index in [1.807, 2.05) is 0 Å². The van der Waals surface area contributed by atoms with Gasteiger partial charge in [0, 0.05) is 12.6 Å². The molecule has 16 heavy (non-hydrogen) atoms. The van der Waals surface area contributed by atoms with E-state index in [-0.39, 0.29) is 10.9 Å². The summed E-state index contributed by atoms with van der Waals surface area (Å²) in [6.07, 6.45) is 2.00. The van der Waals surface area contributed by atoms with Crippen molar-refractivity contribution in [3.8, 4) is 0 Å². The molecule has 0 unspecified atom stereocenters. The molecule has 1 aliphatic rings. The fourth-order valence-corrected chi connectivity index (χ4v) is 2.88. The first kappa shape index (κ1) is 11.2. The number of rotatable bonds is 3. The lowest BCUT2D eigenvalue weighted by Crippen LogP contribution is -2.19. The summed E-state index contributed by atoms with van der Waals surface area (Å²) in [5, 5.41) is 14.0. The quantitative estimate of drug-likeness (QED) is 0.613. The third-order valence-corrected chi connectivity index (χ3v) is 4.12. The van der Waals surface area contributed by atoms with Gasteiger partial charge in [0.25, 0.3) is 5.69 Å².